The van der Waals surface area contributed by atoms with E-state index in [0.717, 1.165) is 38.3 Å². The van der Waals surface area contributed by atoms with E-state index in [0.29, 0.717) is 11.7 Å². The van der Waals surface area contributed by atoms with Gasteiger partial charge in [0.15, 0.2) is 5.82 Å². The topological polar surface area (TPSA) is 58.9 Å². The van der Waals surface area contributed by atoms with Crippen LogP contribution < -0.4 is 5.32 Å². The second-order valence-electron chi connectivity index (χ2n) is 5.61. The van der Waals surface area contributed by atoms with Crippen molar-refractivity contribution in [1.82, 2.24) is 30.4 Å². The molecule has 6 nitrogen and oxygen atoms in total. The minimum atomic E-state index is -0.297. The molecule has 2 aliphatic heterocycles. The van der Waals surface area contributed by atoms with Gasteiger partial charge in [-0.25, -0.2) is 4.39 Å². The molecule has 2 atom stereocenters. The fraction of sp³-hybridized carbons (Fsp3) is 0.500. The number of piperazine rings is 1. The number of rotatable bonds is 2. The monoisotopic (exact) mass is 288 g/mol. The Balaban J connectivity index is 1.60. The molecule has 1 N–H and O–H groups in total. The van der Waals surface area contributed by atoms with Gasteiger partial charge >= 0.3 is 0 Å². The summed E-state index contributed by atoms with van der Waals surface area (Å²) in [6.45, 7) is 3.06. The zero-order chi connectivity index (χ0) is 14.2. The summed E-state index contributed by atoms with van der Waals surface area (Å²) < 4.78 is 13.3. The van der Waals surface area contributed by atoms with Crippen LogP contribution in [-0.4, -0.2) is 50.8 Å². The molecule has 0 amide bonds. The van der Waals surface area contributed by atoms with Gasteiger partial charge in [0.25, 0.3) is 0 Å². The van der Waals surface area contributed by atoms with Crippen molar-refractivity contribution in [2.75, 3.05) is 19.6 Å². The third kappa shape index (κ3) is 2.32. The maximum Gasteiger partial charge on any atom is 0.192 e. The lowest BCUT2D eigenvalue weighted by molar-refractivity contribution is 0.157. The second kappa shape index (κ2) is 5.16. The van der Waals surface area contributed by atoms with Crippen molar-refractivity contribution in [2.24, 2.45) is 0 Å². The predicted octanol–water partition coefficient (Wildman–Crippen LogP) is 0.910. The Hall–Kier alpha value is -1.86. The Labute approximate surface area is 121 Å². The molecule has 2 saturated heterocycles. The van der Waals surface area contributed by atoms with E-state index in [9.17, 15) is 4.39 Å². The van der Waals surface area contributed by atoms with Crippen molar-refractivity contribution in [2.45, 2.75) is 24.9 Å². The van der Waals surface area contributed by atoms with E-state index in [1.165, 1.54) is 16.9 Å². The molecule has 2 aliphatic rings. The van der Waals surface area contributed by atoms with E-state index in [2.05, 4.69) is 25.6 Å². The minimum absolute atomic E-state index is 0.236. The number of hydrogen-bond donors (Lipinski definition) is 1. The summed E-state index contributed by atoms with van der Waals surface area (Å²) >= 11 is 0. The molecule has 2 aromatic rings. The van der Waals surface area contributed by atoms with Crippen molar-refractivity contribution in [3.8, 4) is 5.69 Å². The molecule has 1 aromatic carbocycles. The Morgan fingerprint density at radius 2 is 2.24 bits per heavy atom. The quantitative estimate of drug-likeness (QED) is 0.890. The zero-order valence-electron chi connectivity index (χ0n) is 11.6. The maximum absolute atomic E-state index is 13.3. The molecule has 0 radical (unpaired) electrons. The molecule has 0 aliphatic carbocycles. The lowest BCUT2D eigenvalue weighted by Crippen LogP contribution is -2.48. The Morgan fingerprint density at radius 3 is 3.14 bits per heavy atom. The van der Waals surface area contributed by atoms with Crippen LogP contribution in [0.5, 0.6) is 0 Å². The van der Waals surface area contributed by atoms with Gasteiger partial charge in [0.2, 0.25) is 0 Å². The van der Waals surface area contributed by atoms with E-state index < -0.39 is 0 Å². The van der Waals surface area contributed by atoms with Crippen LogP contribution in [-0.2, 0) is 0 Å². The zero-order valence-corrected chi connectivity index (χ0v) is 11.6. The standard InChI is InChI=1S/C14H17FN6/c15-10-2-1-3-11(8-10)21-18-14(17-19-21)13-5-4-12-9-16-6-7-20(12)13/h1-3,8,12-13,16H,4-7,9H2/t12-,13+/m0/s1. The first-order valence-electron chi connectivity index (χ1n) is 7.33. The molecular formula is C14H17FN6. The molecule has 110 valence electrons. The van der Waals surface area contributed by atoms with E-state index >= 15 is 0 Å². The molecule has 0 spiro atoms. The molecule has 21 heavy (non-hydrogen) atoms. The molecule has 0 saturated carbocycles. The van der Waals surface area contributed by atoms with E-state index in [1.54, 1.807) is 12.1 Å². The first-order valence-corrected chi connectivity index (χ1v) is 7.33. The SMILES string of the molecule is Fc1cccc(-n2nnc([C@H]3CC[C@H]4CNCCN43)n2)c1. The van der Waals surface area contributed by atoms with Crippen LogP contribution in [0.1, 0.15) is 24.7 Å². The molecule has 0 unspecified atom stereocenters. The van der Waals surface area contributed by atoms with Crippen molar-refractivity contribution in [1.29, 1.82) is 0 Å². The van der Waals surface area contributed by atoms with Gasteiger partial charge in [-0.15, -0.1) is 15.0 Å². The van der Waals surface area contributed by atoms with Gasteiger partial charge in [0.05, 0.1) is 11.7 Å². The highest BCUT2D eigenvalue weighted by molar-refractivity contribution is 5.29. The minimum Gasteiger partial charge on any atom is -0.314 e. The lowest BCUT2D eigenvalue weighted by atomic mass is 10.2. The van der Waals surface area contributed by atoms with Crippen molar-refractivity contribution in [3.63, 3.8) is 0 Å². The van der Waals surface area contributed by atoms with Crippen LogP contribution in [0.3, 0.4) is 0 Å². The highest BCUT2D eigenvalue weighted by Crippen LogP contribution is 2.34. The molecular weight excluding hydrogens is 271 g/mol. The third-order valence-corrected chi connectivity index (χ3v) is 4.34. The lowest BCUT2D eigenvalue weighted by Gasteiger charge is -2.33. The highest BCUT2D eigenvalue weighted by Gasteiger charge is 2.37. The number of halogens is 1. The Kier molecular flexibility index (Phi) is 3.16. The fourth-order valence-electron chi connectivity index (χ4n) is 3.32. The summed E-state index contributed by atoms with van der Waals surface area (Å²) in [4.78, 5) is 3.87. The summed E-state index contributed by atoms with van der Waals surface area (Å²) in [7, 11) is 0. The summed E-state index contributed by atoms with van der Waals surface area (Å²) in [6.07, 6.45) is 2.22. The van der Waals surface area contributed by atoms with Gasteiger partial charge in [-0.05, 0) is 30.2 Å². The second-order valence-corrected chi connectivity index (χ2v) is 5.61. The number of fused-ring (bicyclic) bond motifs is 1. The number of aromatic nitrogens is 4. The van der Waals surface area contributed by atoms with Crippen LogP contribution in [0.2, 0.25) is 0 Å². The average molecular weight is 288 g/mol. The first kappa shape index (κ1) is 12.8. The van der Waals surface area contributed by atoms with Gasteiger partial charge in [-0.2, -0.15) is 0 Å². The van der Waals surface area contributed by atoms with Crippen molar-refractivity contribution in [3.05, 3.63) is 35.9 Å². The van der Waals surface area contributed by atoms with Crippen LogP contribution >= 0.6 is 0 Å². The third-order valence-electron chi connectivity index (χ3n) is 4.34. The van der Waals surface area contributed by atoms with Gasteiger partial charge < -0.3 is 5.32 Å². The van der Waals surface area contributed by atoms with Gasteiger partial charge in [-0.3, -0.25) is 4.90 Å². The molecule has 0 bridgehead atoms. The van der Waals surface area contributed by atoms with Crippen LogP contribution in [0.4, 0.5) is 4.39 Å². The predicted molar refractivity (Wildman–Crippen MR) is 74.5 cm³/mol. The number of nitrogens with one attached hydrogen (secondary N) is 1. The summed E-state index contributed by atoms with van der Waals surface area (Å²) in [5.41, 5.74) is 0.601. The number of benzene rings is 1. The normalized spacial score (nSPS) is 26.0. The van der Waals surface area contributed by atoms with Crippen LogP contribution in [0, 0.1) is 5.82 Å². The number of hydrogen-bond acceptors (Lipinski definition) is 5. The number of nitrogens with zero attached hydrogens (tertiary/aromatic N) is 5. The van der Waals surface area contributed by atoms with Crippen LogP contribution in [0.15, 0.2) is 24.3 Å². The first-order chi connectivity index (χ1) is 10.3. The fourth-order valence-corrected chi connectivity index (χ4v) is 3.32. The van der Waals surface area contributed by atoms with Gasteiger partial charge in [-0.1, -0.05) is 6.07 Å². The van der Waals surface area contributed by atoms with Crippen LogP contribution in [0.25, 0.3) is 5.69 Å². The number of tetrazole rings is 1. The maximum atomic E-state index is 13.3. The molecule has 7 heteroatoms. The largest absolute Gasteiger partial charge is 0.314 e. The van der Waals surface area contributed by atoms with Crippen molar-refractivity contribution >= 4 is 0 Å². The smallest absolute Gasteiger partial charge is 0.192 e. The van der Waals surface area contributed by atoms with E-state index in [1.807, 2.05) is 0 Å². The van der Waals surface area contributed by atoms with Crippen molar-refractivity contribution < 1.29 is 4.39 Å². The Morgan fingerprint density at radius 1 is 1.29 bits per heavy atom. The van der Waals surface area contributed by atoms with E-state index in [4.69, 9.17) is 0 Å². The molecule has 2 fully saturated rings. The average Bonchev–Trinajstić information content (AvgIpc) is 3.14. The van der Waals surface area contributed by atoms with Gasteiger partial charge in [0, 0.05) is 31.7 Å². The van der Waals surface area contributed by atoms with Gasteiger partial charge in [0.1, 0.15) is 5.82 Å². The molecule has 3 heterocycles. The summed E-state index contributed by atoms with van der Waals surface area (Å²) in [5.74, 6) is 0.443. The summed E-state index contributed by atoms with van der Waals surface area (Å²) in [5, 5.41) is 16.1. The highest BCUT2D eigenvalue weighted by atomic mass is 19.1. The Bertz CT molecular complexity index is 642. The molecule has 4 rings (SSSR count). The summed E-state index contributed by atoms with van der Waals surface area (Å²) in [6, 6.07) is 7.05. The van der Waals surface area contributed by atoms with E-state index in [-0.39, 0.29) is 11.9 Å². The molecule has 1 aromatic heterocycles.